The van der Waals surface area contributed by atoms with E-state index in [1.807, 2.05) is 18.2 Å². The summed E-state index contributed by atoms with van der Waals surface area (Å²) < 4.78 is 5.41. The lowest BCUT2D eigenvalue weighted by Gasteiger charge is -2.36. The summed E-state index contributed by atoms with van der Waals surface area (Å²) in [5.74, 6) is 2.42. The van der Waals surface area contributed by atoms with E-state index in [9.17, 15) is 5.11 Å². The Bertz CT molecular complexity index is 759. The van der Waals surface area contributed by atoms with Crippen molar-refractivity contribution in [2.45, 2.75) is 31.3 Å². The highest BCUT2D eigenvalue weighted by Gasteiger charge is 2.36. The number of nitrogens with one attached hydrogen (secondary N) is 2. The molecule has 0 amide bonds. The van der Waals surface area contributed by atoms with E-state index in [2.05, 4.69) is 40.0 Å². The maximum absolute atomic E-state index is 9.66. The van der Waals surface area contributed by atoms with E-state index in [1.54, 1.807) is 13.2 Å². The molecule has 0 bridgehead atoms. The number of methoxy groups -OCH3 is 1. The number of hydrazine groups is 1. The van der Waals surface area contributed by atoms with Gasteiger partial charge in [-0.15, -0.1) is 0 Å². The van der Waals surface area contributed by atoms with Crippen LogP contribution < -0.4 is 15.6 Å². The fraction of sp³-hybridized carbons (Fsp3) is 0.455. The number of phenolic OH excluding ortho intramolecular Hbond substituents is 1. The molecule has 0 saturated carbocycles. The Morgan fingerprint density at radius 2 is 1.93 bits per heavy atom. The lowest BCUT2D eigenvalue weighted by molar-refractivity contribution is 0.152. The third-order valence-corrected chi connectivity index (χ3v) is 6.00. The Labute approximate surface area is 161 Å². The van der Waals surface area contributed by atoms with Gasteiger partial charge in [0, 0.05) is 25.0 Å². The van der Waals surface area contributed by atoms with Gasteiger partial charge in [-0.3, -0.25) is 15.8 Å². The van der Waals surface area contributed by atoms with E-state index < -0.39 is 0 Å². The number of ether oxygens (including phenoxy) is 1. The molecule has 0 aliphatic carbocycles. The molecule has 2 atom stereocenters. The monoisotopic (exact) mass is 367 g/mol. The molecule has 2 saturated heterocycles. The van der Waals surface area contributed by atoms with Crippen molar-refractivity contribution >= 4 is 0 Å². The number of hydrogen-bond donors (Lipinski definition) is 3. The van der Waals surface area contributed by atoms with Crippen molar-refractivity contribution in [2.24, 2.45) is 5.92 Å². The first-order valence-electron chi connectivity index (χ1n) is 9.85. The lowest BCUT2D eigenvalue weighted by Crippen LogP contribution is -2.44. The molecule has 0 radical (unpaired) electrons. The van der Waals surface area contributed by atoms with Crippen LogP contribution in [0.15, 0.2) is 48.5 Å². The van der Waals surface area contributed by atoms with E-state index in [0.717, 1.165) is 31.9 Å². The molecule has 0 spiro atoms. The minimum absolute atomic E-state index is 0.352. The molecule has 3 N–H and O–H groups in total. The van der Waals surface area contributed by atoms with Gasteiger partial charge in [0.2, 0.25) is 0 Å². The first-order chi connectivity index (χ1) is 13.2. The fourth-order valence-corrected chi connectivity index (χ4v) is 4.54. The van der Waals surface area contributed by atoms with Gasteiger partial charge >= 0.3 is 0 Å². The van der Waals surface area contributed by atoms with E-state index in [-0.39, 0.29) is 0 Å². The quantitative estimate of drug-likeness (QED) is 0.759. The molecule has 144 valence electrons. The van der Waals surface area contributed by atoms with Crippen molar-refractivity contribution < 1.29 is 9.84 Å². The van der Waals surface area contributed by atoms with Crippen LogP contribution in [0.2, 0.25) is 0 Å². The Hall–Kier alpha value is -2.08. The fourth-order valence-electron chi connectivity index (χ4n) is 4.54. The second kappa shape index (κ2) is 8.30. The smallest absolute Gasteiger partial charge is 0.119 e. The third-order valence-electron chi connectivity index (χ3n) is 6.00. The first kappa shape index (κ1) is 18.3. The van der Waals surface area contributed by atoms with Crippen LogP contribution in [0, 0.1) is 5.92 Å². The highest BCUT2D eigenvalue weighted by molar-refractivity contribution is 5.33. The van der Waals surface area contributed by atoms with Crippen LogP contribution in [0.4, 0.5) is 0 Å². The van der Waals surface area contributed by atoms with Crippen molar-refractivity contribution in [2.75, 3.05) is 26.7 Å². The lowest BCUT2D eigenvalue weighted by atomic mass is 9.80. The maximum atomic E-state index is 9.66. The van der Waals surface area contributed by atoms with Gasteiger partial charge in [-0.25, -0.2) is 0 Å². The van der Waals surface area contributed by atoms with Crippen LogP contribution in [0.25, 0.3) is 0 Å². The molecule has 5 nitrogen and oxygen atoms in total. The average molecular weight is 367 g/mol. The van der Waals surface area contributed by atoms with Crippen LogP contribution >= 0.6 is 0 Å². The number of rotatable bonds is 5. The van der Waals surface area contributed by atoms with E-state index in [0.29, 0.717) is 23.6 Å². The zero-order valence-corrected chi connectivity index (χ0v) is 15.9. The Balaban J connectivity index is 1.37. The second-order valence-electron chi connectivity index (χ2n) is 7.72. The molecule has 2 aliphatic heterocycles. The number of phenols is 1. The summed E-state index contributed by atoms with van der Waals surface area (Å²) in [5, 5.41) is 9.66. The molecule has 4 rings (SSSR count). The van der Waals surface area contributed by atoms with Gasteiger partial charge in [-0.05, 0) is 67.2 Å². The largest absolute Gasteiger partial charge is 0.508 e. The molecule has 2 aromatic rings. The summed E-state index contributed by atoms with van der Waals surface area (Å²) in [7, 11) is 1.73. The molecule has 2 aromatic carbocycles. The number of benzene rings is 2. The average Bonchev–Trinajstić information content (AvgIpc) is 3.18. The van der Waals surface area contributed by atoms with Gasteiger partial charge in [0.15, 0.2) is 0 Å². The van der Waals surface area contributed by atoms with E-state index >= 15 is 0 Å². The van der Waals surface area contributed by atoms with Crippen LogP contribution in [0.5, 0.6) is 11.5 Å². The maximum Gasteiger partial charge on any atom is 0.119 e. The van der Waals surface area contributed by atoms with E-state index in [1.165, 1.54) is 24.0 Å². The number of hydrogen-bond acceptors (Lipinski definition) is 5. The van der Waals surface area contributed by atoms with Crippen molar-refractivity contribution in [1.29, 1.82) is 0 Å². The molecule has 2 aliphatic rings. The predicted molar refractivity (Wildman–Crippen MR) is 107 cm³/mol. The molecule has 2 unspecified atom stereocenters. The Morgan fingerprint density at radius 1 is 1.11 bits per heavy atom. The summed E-state index contributed by atoms with van der Waals surface area (Å²) in [6.07, 6.45) is 2.39. The van der Waals surface area contributed by atoms with Gasteiger partial charge in [0.25, 0.3) is 0 Å². The van der Waals surface area contributed by atoms with Crippen LogP contribution in [-0.2, 0) is 6.54 Å². The summed E-state index contributed by atoms with van der Waals surface area (Å²) in [6.45, 7) is 4.07. The first-order valence-corrected chi connectivity index (χ1v) is 9.85. The zero-order chi connectivity index (χ0) is 18.6. The highest BCUT2D eigenvalue weighted by atomic mass is 16.5. The van der Waals surface area contributed by atoms with Gasteiger partial charge in [0.05, 0.1) is 7.11 Å². The molecule has 2 heterocycles. The number of piperidine rings is 1. The topological polar surface area (TPSA) is 56.8 Å². The van der Waals surface area contributed by atoms with Gasteiger partial charge in [0.1, 0.15) is 11.5 Å². The van der Waals surface area contributed by atoms with Gasteiger partial charge in [-0.1, -0.05) is 24.3 Å². The molecule has 5 heteroatoms. The molecule has 27 heavy (non-hydrogen) atoms. The molecule has 2 fully saturated rings. The van der Waals surface area contributed by atoms with Crippen LogP contribution in [0.3, 0.4) is 0 Å². The molecule has 0 aromatic heterocycles. The minimum Gasteiger partial charge on any atom is -0.508 e. The van der Waals surface area contributed by atoms with Crippen molar-refractivity contribution in [3.63, 3.8) is 0 Å². The molecular weight excluding hydrogens is 338 g/mol. The molecular formula is C22H29N3O2. The summed E-state index contributed by atoms with van der Waals surface area (Å²) >= 11 is 0. The SMILES string of the molecule is COc1cccc(C2CNNC2C2CCN(Cc3cccc(O)c3)CC2)c1. The standard InChI is InChI=1S/C22H29N3O2/c1-27-20-7-3-5-18(13-20)21-14-23-24-22(21)17-8-10-25(11-9-17)15-16-4-2-6-19(26)12-16/h2-7,12-13,17,21-24,26H,8-11,14-15H2,1H3. The van der Waals surface area contributed by atoms with Gasteiger partial charge in [-0.2, -0.15) is 0 Å². The second-order valence-corrected chi connectivity index (χ2v) is 7.72. The van der Waals surface area contributed by atoms with Crippen molar-refractivity contribution in [1.82, 2.24) is 15.8 Å². The van der Waals surface area contributed by atoms with Crippen LogP contribution in [-0.4, -0.2) is 42.8 Å². The van der Waals surface area contributed by atoms with Crippen molar-refractivity contribution in [3.05, 3.63) is 59.7 Å². The predicted octanol–water partition coefficient (Wildman–Crippen LogP) is 2.87. The normalized spacial score (nSPS) is 24.2. The summed E-state index contributed by atoms with van der Waals surface area (Å²) in [5.41, 5.74) is 9.45. The summed E-state index contributed by atoms with van der Waals surface area (Å²) in [6, 6.07) is 16.5. The van der Waals surface area contributed by atoms with Crippen LogP contribution in [0.1, 0.15) is 29.9 Å². The van der Waals surface area contributed by atoms with E-state index in [4.69, 9.17) is 4.74 Å². The highest BCUT2D eigenvalue weighted by Crippen LogP contribution is 2.33. The third kappa shape index (κ3) is 4.26. The number of aromatic hydroxyl groups is 1. The van der Waals surface area contributed by atoms with Gasteiger partial charge < -0.3 is 9.84 Å². The minimum atomic E-state index is 0.352. The number of likely N-dealkylation sites (tertiary alicyclic amines) is 1. The van der Waals surface area contributed by atoms with Crippen molar-refractivity contribution in [3.8, 4) is 11.5 Å². The zero-order valence-electron chi connectivity index (χ0n) is 15.9. The Kier molecular flexibility index (Phi) is 5.62. The Morgan fingerprint density at radius 3 is 2.70 bits per heavy atom. The number of nitrogens with zero attached hydrogens (tertiary/aromatic N) is 1. The summed E-state index contributed by atoms with van der Waals surface area (Å²) in [4.78, 5) is 2.49.